The van der Waals surface area contributed by atoms with Crippen LogP contribution in [0.4, 0.5) is 0 Å². The number of rotatable bonds is 5. The van der Waals surface area contributed by atoms with E-state index in [1.807, 2.05) is 0 Å². The molecule has 0 amide bonds. The minimum atomic E-state index is 0.672. The molecule has 90 valence electrons. The van der Waals surface area contributed by atoms with Crippen molar-refractivity contribution < 1.29 is 0 Å². The van der Waals surface area contributed by atoms with E-state index in [2.05, 4.69) is 37.4 Å². The fourth-order valence-corrected chi connectivity index (χ4v) is 3.33. The summed E-state index contributed by atoms with van der Waals surface area (Å²) in [6.45, 7) is 11.4. The third kappa shape index (κ3) is 4.33. The summed E-state index contributed by atoms with van der Waals surface area (Å²) >= 11 is 2.14. The smallest absolute Gasteiger partial charge is 0.0172 e. The first kappa shape index (κ1) is 13.3. The van der Waals surface area contributed by atoms with Crippen molar-refractivity contribution in [3.63, 3.8) is 0 Å². The van der Waals surface area contributed by atoms with Crippen LogP contribution in [0.3, 0.4) is 0 Å². The molecule has 15 heavy (non-hydrogen) atoms. The molecule has 2 atom stereocenters. The highest BCUT2D eigenvalue weighted by molar-refractivity contribution is 8.00. The van der Waals surface area contributed by atoms with Crippen LogP contribution in [0.1, 0.15) is 27.2 Å². The third-order valence-electron chi connectivity index (χ3n) is 3.42. The van der Waals surface area contributed by atoms with Crippen LogP contribution in [0, 0.1) is 11.8 Å². The van der Waals surface area contributed by atoms with Crippen molar-refractivity contribution in [1.82, 2.24) is 4.90 Å². The summed E-state index contributed by atoms with van der Waals surface area (Å²) in [5, 5.41) is 0.851. The van der Waals surface area contributed by atoms with Crippen LogP contribution in [-0.4, -0.2) is 42.1 Å². The fraction of sp³-hybridized carbons (Fsp3) is 1.00. The van der Waals surface area contributed by atoms with Crippen molar-refractivity contribution >= 4 is 11.8 Å². The van der Waals surface area contributed by atoms with Crippen LogP contribution in [0.5, 0.6) is 0 Å². The van der Waals surface area contributed by atoms with Gasteiger partial charge in [-0.15, -0.1) is 0 Å². The molecule has 1 aliphatic heterocycles. The Labute approximate surface area is 99.0 Å². The Morgan fingerprint density at radius 2 is 2.20 bits per heavy atom. The first-order valence-electron chi connectivity index (χ1n) is 6.21. The van der Waals surface area contributed by atoms with Gasteiger partial charge in [-0.3, -0.25) is 0 Å². The first-order valence-corrected chi connectivity index (χ1v) is 7.26. The van der Waals surface area contributed by atoms with Crippen LogP contribution in [0.25, 0.3) is 0 Å². The van der Waals surface area contributed by atoms with Gasteiger partial charge in [-0.1, -0.05) is 20.8 Å². The Bertz CT molecular complexity index is 173. The lowest BCUT2D eigenvalue weighted by molar-refractivity contribution is 0.209. The van der Waals surface area contributed by atoms with Crippen molar-refractivity contribution in [3.05, 3.63) is 0 Å². The molecule has 3 heteroatoms. The van der Waals surface area contributed by atoms with Gasteiger partial charge in [0, 0.05) is 30.6 Å². The van der Waals surface area contributed by atoms with Crippen molar-refractivity contribution in [2.45, 2.75) is 32.4 Å². The third-order valence-corrected chi connectivity index (χ3v) is 4.79. The number of nitrogens with zero attached hydrogens (tertiary/aromatic N) is 1. The van der Waals surface area contributed by atoms with E-state index >= 15 is 0 Å². The minimum absolute atomic E-state index is 0.672. The number of thioether (sulfide) groups is 1. The maximum Gasteiger partial charge on any atom is 0.0172 e. The summed E-state index contributed by atoms with van der Waals surface area (Å²) in [5.74, 6) is 2.68. The summed E-state index contributed by atoms with van der Waals surface area (Å²) in [6, 6.07) is 0. The fourth-order valence-electron chi connectivity index (χ4n) is 2.08. The van der Waals surface area contributed by atoms with E-state index in [4.69, 9.17) is 5.73 Å². The van der Waals surface area contributed by atoms with Gasteiger partial charge in [0.25, 0.3) is 0 Å². The van der Waals surface area contributed by atoms with Crippen LogP contribution in [-0.2, 0) is 0 Å². The van der Waals surface area contributed by atoms with Gasteiger partial charge >= 0.3 is 0 Å². The van der Waals surface area contributed by atoms with Gasteiger partial charge < -0.3 is 10.6 Å². The zero-order valence-corrected chi connectivity index (χ0v) is 11.2. The molecular weight excluding hydrogens is 204 g/mol. The van der Waals surface area contributed by atoms with E-state index in [1.165, 1.54) is 31.8 Å². The quantitative estimate of drug-likeness (QED) is 0.784. The van der Waals surface area contributed by atoms with Crippen molar-refractivity contribution in [3.8, 4) is 0 Å². The topological polar surface area (TPSA) is 29.3 Å². The van der Waals surface area contributed by atoms with E-state index in [-0.39, 0.29) is 0 Å². The summed E-state index contributed by atoms with van der Waals surface area (Å²) in [5.41, 5.74) is 5.83. The van der Waals surface area contributed by atoms with E-state index < -0.39 is 0 Å². The summed E-state index contributed by atoms with van der Waals surface area (Å²) < 4.78 is 0. The molecule has 0 saturated carbocycles. The molecule has 0 spiro atoms. The minimum Gasteiger partial charge on any atom is -0.330 e. The molecule has 1 saturated heterocycles. The van der Waals surface area contributed by atoms with Crippen molar-refractivity contribution in [2.75, 3.05) is 31.9 Å². The standard InChI is InChI=1S/C12H26N2S/c1-4-12-9-14(5-6-15-12)8-11(7-13)10(2)3/h10-12H,4-9,13H2,1-3H3. The zero-order valence-electron chi connectivity index (χ0n) is 10.4. The molecule has 0 aromatic carbocycles. The lowest BCUT2D eigenvalue weighted by atomic mass is 9.95. The average Bonchev–Trinajstić information content (AvgIpc) is 2.25. The largest absolute Gasteiger partial charge is 0.330 e. The van der Waals surface area contributed by atoms with Gasteiger partial charge in [0.2, 0.25) is 0 Å². The molecule has 0 aromatic heterocycles. The van der Waals surface area contributed by atoms with Gasteiger partial charge in [-0.05, 0) is 24.8 Å². The molecule has 2 N–H and O–H groups in total. The summed E-state index contributed by atoms with van der Waals surface area (Å²) in [7, 11) is 0. The molecule has 2 unspecified atom stereocenters. The van der Waals surface area contributed by atoms with Gasteiger partial charge in [-0.2, -0.15) is 11.8 Å². The molecule has 0 radical (unpaired) electrons. The Morgan fingerprint density at radius 1 is 1.47 bits per heavy atom. The molecule has 0 aliphatic carbocycles. The molecule has 1 heterocycles. The van der Waals surface area contributed by atoms with Crippen LogP contribution < -0.4 is 5.73 Å². The maximum atomic E-state index is 5.83. The Morgan fingerprint density at radius 3 is 2.73 bits per heavy atom. The lowest BCUT2D eigenvalue weighted by Gasteiger charge is -2.35. The maximum absolute atomic E-state index is 5.83. The van der Waals surface area contributed by atoms with Gasteiger partial charge in [0.05, 0.1) is 0 Å². The van der Waals surface area contributed by atoms with Gasteiger partial charge in [0.1, 0.15) is 0 Å². The number of nitrogens with two attached hydrogens (primary N) is 1. The Hall–Kier alpha value is 0.270. The molecule has 1 aliphatic rings. The van der Waals surface area contributed by atoms with Crippen molar-refractivity contribution in [2.24, 2.45) is 17.6 Å². The number of hydrogen-bond acceptors (Lipinski definition) is 3. The molecule has 0 bridgehead atoms. The second kappa shape index (κ2) is 6.77. The van der Waals surface area contributed by atoms with Crippen LogP contribution in [0.15, 0.2) is 0 Å². The molecular formula is C12H26N2S. The highest BCUT2D eigenvalue weighted by Crippen LogP contribution is 2.22. The molecule has 1 rings (SSSR count). The molecule has 2 nitrogen and oxygen atoms in total. The van der Waals surface area contributed by atoms with Gasteiger partial charge in [-0.25, -0.2) is 0 Å². The summed E-state index contributed by atoms with van der Waals surface area (Å²) in [4.78, 5) is 2.61. The van der Waals surface area contributed by atoms with Crippen LogP contribution in [0.2, 0.25) is 0 Å². The molecule has 0 aromatic rings. The van der Waals surface area contributed by atoms with Crippen LogP contribution >= 0.6 is 11.8 Å². The monoisotopic (exact) mass is 230 g/mol. The van der Waals surface area contributed by atoms with E-state index in [1.54, 1.807) is 0 Å². The SMILES string of the molecule is CCC1CN(CC(CN)C(C)C)CCS1. The highest BCUT2D eigenvalue weighted by Gasteiger charge is 2.22. The average molecular weight is 230 g/mol. The molecule has 1 fully saturated rings. The Kier molecular flexibility index (Phi) is 6.02. The predicted octanol–water partition coefficient (Wildman–Crippen LogP) is 2.04. The van der Waals surface area contributed by atoms with Gasteiger partial charge in [0.15, 0.2) is 0 Å². The normalized spacial score (nSPS) is 25.8. The zero-order chi connectivity index (χ0) is 11.3. The second-order valence-corrected chi connectivity index (χ2v) is 6.31. The lowest BCUT2D eigenvalue weighted by Crippen LogP contribution is -2.42. The first-order chi connectivity index (χ1) is 7.17. The van der Waals surface area contributed by atoms with Crippen molar-refractivity contribution in [1.29, 1.82) is 0 Å². The highest BCUT2D eigenvalue weighted by atomic mass is 32.2. The summed E-state index contributed by atoms with van der Waals surface area (Å²) in [6.07, 6.45) is 1.30. The van der Waals surface area contributed by atoms with E-state index in [0.717, 1.165) is 11.8 Å². The van der Waals surface area contributed by atoms with E-state index in [0.29, 0.717) is 11.8 Å². The number of hydrogen-bond donors (Lipinski definition) is 1. The Balaban J connectivity index is 2.36. The second-order valence-electron chi connectivity index (χ2n) is 4.90. The van der Waals surface area contributed by atoms with E-state index in [9.17, 15) is 0 Å². The predicted molar refractivity (Wildman–Crippen MR) is 70.4 cm³/mol.